The number of halogens is 1. The molecule has 3 aliphatic rings. The van der Waals surface area contributed by atoms with Crippen LogP contribution in [0.15, 0.2) is 16.9 Å². The van der Waals surface area contributed by atoms with Crippen LogP contribution in [0.25, 0.3) is 5.76 Å². The summed E-state index contributed by atoms with van der Waals surface area (Å²) in [6, 6.07) is -0.383. The number of aromatic nitrogens is 1. The Morgan fingerprint density at radius 1 is 1.31 bits per heavy atom. The average molecular weight is 575 g/mol. The van der Waals surface area contributed by atoms with E-state index in [1.165, 1.54) is 0 Å². The maximum atomic E-state index is 14.2. The number of carbonyl (C=O) groups is 2. The number of anilines is 1. The molecule has 10 nitrogen and oxygen atoms in total. The molecule has 0 spiro atoms. The van der Waals surface area contributed by atoms with Gasteiger partial charge in [0.15, 0.2) is 0 Å². The number of fused-ring (bicyclic) bond motifs is 3. The number of pyridine rings is 1. The van der Waals surface area contributed by atoms with Crippen molar-refractivity contribution in [3.63, 3.8) is 0 Å². The minimum absolute atomic E-state index is 0.0523. The second-order valence-corrected chi connectivity index (χ2v) is 12.3. The number of carbonyl (C=O) groups excluding carboxylic acids is 2. The van der Waals surface area contributed by atoms with Gasteiger partial charge in [-0.15, -0.1) is 0 Å². The molecule has 5 atom stereocenters. The van der Waals surface area contributed by atoms with E-state index in [-0.39, 0.29) is 51.1 Å². The van der Waals surface area contributed by atoms with E-state index < -0.39 is 40.5 Å². The number of rotatable bonds is 8. The van der Waals surface area contributed by atoms with E-state index in [0.29, 0.717) is 24.6 Å². The number of aliphatic hydroxyl groups is 2. The molecule has 0 aliphatic heterocycles. The Morgan fingerprint density at radius 3 is 2.56 bits per heavy atom. The van der Waals surface area contributed by atoms with Crippen LogP contribution in [0.1, 0.15) is 37.8 Å². The number of nitrogens with one attached hydrogen (secondary N) is 2. The summed E-state index contributed by atoms with van der Waals surface area (Å²) in [6.07, 6.45) is 1.32. The van der Waals surface area contributed by atoms with Gasteiger partial charge in [0.1, 0.15) is 0 Å². The molecule has 39 heavy (non-hydrogen) atoms. The predicted molar refractivity (Wildman–Crippen MR) is 157 cm³/mol. The number of hydrogen-bond acceptors (Lipinski definition) is 9. The van der Waals surface area contributed by atoms with E-state index >= 15 is 0 Å². The van der Waals surface area contributed by atoms with Crippen LogP contribution in [0, 0.1) is 11.8 Å². The molecule has 1 unspecified atom stereocenters. The normalized spacial score (nSPS) is 26.6. The van der Waals surface area contributed by atoms with Crippen molar-refractivity contribution in [2.24, 2.45) is 17.6 Å². The van der Waals surface area contributed by atoms with Crippen molar-refractivity contribution in [1.29, 1.82) is 0 Å². The third-order valence-corrected chi connectivity index (χ3v) is 9.26. The quantitative estimate of drug-likeness (QED) is 0.117. The van der Waals surface area contributed by atoms with Gasteiger partial charge in [0.2, 0.25) is 0 Å². The van der Waals surface area contributed by atoms with Crippen LogP contribution < -0.4 is 16.4 Å². The van der Waals surface area contributed by atoms with Gasteiger partial charge in [0.25, 0.3) is 0 Å². The van der Waals surface area contributed by atoms with Gasteiger partial charge in [-0.05, 0) is 0 Å². The number of aromatic hydroxyl groups is 1. The molecule has 1 aromatic rings. The molecular weight excluding hydrogens is 540 g/mol. The number of hydrogen-bond donors (Lipinski definition) is 6. The van der Waals surface area contributed by atoms with Crippen LogP contribution in [0.3, 0.4) is 0 Å². The molecule has 7 N–H and O–H groups in total. The van der Waals surface area contributed by atoms with Crippen LogP contribution in [-0.4, -0.2) is 94.3 Å². The third kappa shape index (κ3) is 4.77. The zero-order valence-electron chi connectivity index (χ0n) is 22.5. The molecule has 4 rings (SSSR count). The topological polar surface area (TPSA) is 161 Å². The summed E-state index contributed by atoms with van der Waals surface area (Å²) in [5.41, 5.74) is 5.68. The Labute approximate surface area is 236 Å². The standard InChI is InChI=1S/C26H35BClN5O5P/c1-10(2)30-6-5-7-31-25-20(36)15-12(23(28)32-25)8-11-9-13-17(33(3)4)19(35)16(24(29)38)21(27)26(13,39)22(37)14(11)18(15)34/h10-11,13,17,30,34-36H,5-9,39H2,1-4H3,(H2,29,38)(H,31,32)/t11-,13-,17-,26+/m0/s1. The Morgan fingerprint density at radius 2 is 1.97 bits per heavy atom. The molecule has 1 amide bonds. The number of Topliss-reactive ketones (excluding diaryl/α,β-unsaturated/α-hetero) is 1. The molecule has 0 aromatic carbocycles. The van der Waals surface area contributed by atoms with Gasteiger partial charge >= 0.3 is 211 Å². The Balaban J connectivity index is 1.77. The monoisotopic (exact) mass is 574 g/mol. The molecule has 13 heteroatoms. The fourth-order valence-electron chi connectivity index (χ4n) is 6.13. The second-order valence-electron chi connectivity index (χ2n) is 11.0. The second kappa shape index (κ2) is 10.8. The summed E-state index contributed by atoms with van der Waals surface area (Å²) < 4.78 is 0. The third-order valence-electron chi connectivity index (χ3n) is 7.95. The van der Waals surface area contributed by atoms with Gasteiger partial charge in [-0.1, -0.05) is 13.8 Å². The molecule has 3 aliphatic carbocycles. The van der Waals surface area contributed by atoms with E-state index in [1.54, 1.807) is 19.0 Å². The van der Waals surface area contributed by atoms with Gasteiger partial charge in [0.05, 0.1) is 0 Å². The van der Waals surface area contributed by atoms with Crippen molar-refractivity contribution in [2.75, 3.05) is 32.5 Å². The number of nitrogens with zero attached hydrogens (tertiary/aromatic N) is 2. The Bertz CT molecular complexity index is 1320. The first-order valence-corrected chi connectivity index (χ1v) is 13.9. The van der Waals surface area contributed by atoms with Crippen molar-refractivity contribution >= 4 is 57.1 Å². The molecule has 1 radical (unpaired) electrons. The van der Waals surface area contributed by atoms with Crippen LogP contribution in [0.5, 0.6) is 5.75 Å². The molecule has 1 aromatic heterocycles. The number of aliphatic hydroxyl groups excluding tert-OH is 2. The first-order valence-electron chi connectivity index (χ1n) is 12.9. The van der Waals surface area contributed by atoms with Gasteiger partial charge in [0, 0.05) is 6.04 Å². The van der Waals surface area contributed by atoms with Crippen LogP contribution >= 0.6 is 20.8 Å². The number of primary amides is 1. The van der Waals surface area contributed by atoms with Gasteiger partial charge in [-0.25, -0.2) is 0 Å². The molecule has 0 saturated heterocycles. The summed E-state index contributed by atoms with van der Waals surface area (Å²) >= 11 is 6.55. The van der Waals surface area contributed by atoms with Crippen molar-refractivity contribution in [3.8, 4) is 5.75 Å². The molecule has 209 valence electrons. The van der Waals surface area contributed by atoms with Crippen molar-refractivity contribution in [1.82, 2.24) is 15.2 Å². The molecule has 1 fully saturated rings. The van der Waals surface area contributed by atoms with Gasteiger partial charge < -0.3 is 5.32 Å². The van der Waals surface area contributed by atoms with Crippen molar-refractivity contribution < 1.29 is 24.9 Å². The summed E-state index contributed by atoms with van der Waals surface area (Å²) in [4.78, 5) is 32.5. The zero-order chi connectivity index (χ0) is 29.0. The predicted octanol–water partition coefficient (Wildman–Crippen LogP) is 1.47. The van der Waals surface area contributed by atoms with Crippen LogP contribution in [-0.2, 0) is 16.0 Å². The summed E-state index contributed by atoms with van der Waals surface area (Å²) in [5.74, 6) is -3.39. The molecular formula is C26H35BClN5O5P. The number of nitrogens with two attached hydrogens (primary N) is 1. The first-order chi connectivity index (χ1) is 18.2. The summed E-state index contributed by atoms with van der Waals surface area (Å²) in [7, 11) is 12.3. The fraction of sp³-hybridized carbons (Fsp3) is 0.538. The van der Waals surface area contributed by atoms with Crippen LogP contribution in [0.2, 0.25) is 5.15 Å². The maximum absolute atomic E-state index is 14.2. The zero-order valence-corrected chi connectivity index (χ0v) is 24.4. The van der Waals surface area contributed by atoms with Gasteiger partial charge in [-0.2, -0.15) is 0 Å². The minimum atomic E-state index is -1.51. The van der Waals surface area contributed by atoms with E-state index in [9.17, 15) is 24.9 Å². The van der Waals surface area contributed by atoms with E-state index in [2.05, 4.69) is 24.9 Å². The van der Waals surface area contributed by atoms with E-state index in [4.69, 9.17) is 24.8 Å². The summed E-state index contributed by atoms with van der Waals surface area (Å²) in [6.45, 7) is 5.35. The van der Waals surface area contributed by atoms with Crippen molar-refractivity contribution in [3.05, 3.63) is 33.2 Å². The number of allylic oxidation sites excluding steroid dienone is 1. The molecule has 1 saturated carbocycles. The van der Waals surface area contributed by atoms with Crippen LogP contribution in [0.4, 0.5) is 5.82 Å². The van der Waals surface area contributed by atoms with E-state index in [0.717, 1.165) is 13.0 Å². The van der Waals surface area contributed by atoms with E-state index in [1.807, 2.05) is 13.8 Å². The SMILES string of the molecule is [B]=C1C(C(N)=O)=C(O)[C@@H](N(C)C)[C@@H]2C[C@@H]3Cc4c(Cl)nc(NCCCNC(C)C)c(O)c4C(O)=C3C(=O)[C@]12P. The Hall–Kier alpha value is -2.46. The average Bonchev–Trinajstić information content (AvgIpc) is 2.83. The number of ketones is 1. The Kier molecular flexibility index (Phi) is 8.21. The van der Waals surface area contributed by atoms with Gasteiger partial charge in [-0.3, -0.25) is 0 Å². The molecule has 0 bridgehead atoms. The molecule has 1 heterocycles. The first kappa shape index (κ1) is 29.5. The van der Waals surface area contributed by atoms with Crippen molar-refractivity contribution in [2.45, 2.75) is 50.3 Å². The fourth-order valence-corrected chi connectivity index (χ4v) is 7.01. The number of likely N-dealkylation sites (N-methyl/N-ethyl adjacent to an activating group) is 1. The number of amides is 1. The summed E-state index contributed by atoms with van der Waals surface area (Å²) in [5, 5.41) is 38.6.